The number of rotatable bonds is 3. The summed E-state index contributed by atoms with van der Waals surface area (Å²) in [5.74, 6) is -1.28. The molecule has 1 atom stereocenters. The lowest BCUT2D eigenvalue weighted by molar-refractivity contribution is -0.143. The van der Waals surface area contributed by atoms with Gasteiger partial charge in [0, 0.05) is 23.8 Å². The average Bonchev–Trinajstić information content (AvgIpc) is 3.48. The lowest BCUT2D eigenvalue weighted by atomic mass is 10.0. The summed E-state index contributed by atoms with van der Waals surface area (Å²) in [4.78, 5) is 29.5. The molecule has 4 nitrogen and oxygen atoms in total. The minimum absolute atomic E-state index is 0.0132. The summed E-state index contributed by atoms with van der Waals surface area (Å²) in [5, 5.41) is 0. The zero-order valence-electron chi connectivity index (χ0n) is 16.4. The monoisotopic (exact) mass is 428 g/mol. The van der Waals surface area contributed by atoms with Gasteiger partial charge in [0.1, 0.15) is 0 Å². The van der Waals surface area contributed by atoms with Crippen LogP contribution in [0.4, 0.5) is 14.5 Å². The molecule has 2 aromatic rings. The van der Waals surface area contributed by atoms with Crippen molar-refractivity contribution in [3.8, 4) is 0 Å². The fraction of sp³-hybridized carbons (Fsp3) is 0.391. The summed E-state index contributed by atoms with van der Waals surface area (Å²) in [6.45, 7) is 0.667. The summed E-state index contributed by atoms with van der Waals surface area (Å²) in [7, 11) is 0. The van der Waals surface area contributed by atoms with Gasteiger partial charge in [0.2, 0.25) is 5.91 Å². The second-order valence-electron chi connectivity index (χ2n) is 8.12. The molecule has 156 valence electrons. The number of para-hydroxylation sites is 1. The molecule has 0 unspecified atom stereocenters. The summed E-state index contributed by atoms with van der Waals surface area (Å²) < 4.78 is 27.1. The van der Waals surface area contributed by atoms with Crippen molar-refractivity contribution in [1.82, 2.24) is 4.90 Å². The molecule has 7 heteroatoms. The second kappa shape index (κ2) is 7.38. The number of hydrogen-bond acceptors (Lipinski definition) is 3. The molecule has 5 rings (SSSR count). The smallest absolute Gasteiger partial charge is 0.268 e. The minimum Gasteiger partial charge on any atom is -0.315 e. The van der Waals surface area contributed by atoms with Gasteiger partial charge in [-0.25, -0.2) is 8.78 Å². The van der Waals surface area contributed by atoms with Crippen LogP contribution in [0.1, 0.15) is 36.8 Å². The lowest BCUT2D eigenvalue weighted by Gasteiger charge is -2.34. The topological polar surface area (TPSA) is 40.6 Å². The molecular formula is C23H22F2N2O2S. The third-order valence-electron chi connectivity index (χ3n) is 6.40. The normalized spacial score (nSPS) is 23.6. The molecule has 0 aromatic heterocycles. The Morgan fingerprint density at radius 2 is 1.87 bits per heavy atom. The zero-order valence-corrected chi connectivity index (χ0v) is 17.3. The SMILES string of the molecule is O=C(C1CCCC1)N1CCS[C@]12C(=O)N(Cc1ccc(F)c(F)c1)c1ccccc12. The number of halogens is 2. The van der Waals surface area contributed by atoms with E-state index in [2.05, 4.69) is 0 Å². The molecule has 1 aliphatic carbocycles. The number of nitrogens with zero attached hydrogens (tertiary/aromatic N) is 2. The van der Waals surface area contributed by atoms with Gasteiger partial charge < -0.3 is 9.80 Å². The van der Waals surface area contributed by atoms with Crippen molar-refractivity contribution in [2.75, 3.05) is 17.2 Å². The molecule has 1 saturated heterocycles. The number of carbonyl (C=O) groups excluding carboxylic acids is 2. The Bertz CT molecular complexity index is 1020. The van der Waals surface area contributed by atoms with Crippen LogP contribution in [0.3, 0.4) is 0 Å². The van der Waals surface area contributed by atoms with E-state index in [9.17, 15) is 18.4 Å². The van der Waals surface area contributed by atoms with Crippen molar-refractivity contribution in [2.24, 2.45) is 5.92 Å². The molecule has 2 aliphatic heterocycles. The first kappa shape index (κ1) is 19.5. The molecule has 1 spiro atoms. The summed E-state index contributed by atoms with van der Waals surface area (Å²) in [6.07, 6.45) is 3.86. The Morgan fingerprint density at radius 3 is 2.63 bits per heavy atom. The van der Waals surface area contributed by atoms with Crippen molar-refractivity contribution >= 4 is 29.3 Å². The Kier molecular flexibility index (Phi) is 4.81. The van der Waals surface area contributed by atoms with E-state index in [1.807, 2.05) is 24.3 Å². The van der Waals surface area contributed by atoms with Gasteiger partial charge in [0.25, 0.3) is 5.91 Å². The molecule has 2 aromatic carbocycles. The van der Waals surface area contributed by atoms with E-state index in [0.29, 0.717) is 17.9 Å². The Morgan fingerprint density at radius 1 is 1.10 bits per heavy atom. The van der Waals surface area contributed by atoms with E-state index in [1.165, 1.54) is 17.8 Å². The largest absolute Gasteiger partial charge is 0.315 e. The van der Waals surface area contributed by atoms with Gasteiger partial charge in [-0.05, 0) is 36.6 Å². The number of hydrogen-bond donors (Lipinski definition) is 0. The highest BCUT2D eigenvalue weighted by Crippen LogP contribution is 2.55. The maximum Gasteiger partial charge on any atom is 0.268 e. The van der Waals surface area contributed by atoms with Crippen LogP contribution in [0, 0.1) is 17.6 Å². The summed E-state index contributed by atoms with van der Waals surface area (Å²) >= 11 is 1.50. The van der Waals surface area contributed by atoms with Crippen molar-refractivity contribution in [3.05, 3.63) is 65.2 Å². The molecule has 0 bridgehead atoms. The second-order valence-corrected chi connectivity index (χ2v) is 9.41. The van der Waals surface area contributed by atoms with Gasteiger partial charge in [-0.3, -0.25) is 9.59 Å². The van der Waals surface area contributed by atoms with Gasteiger partial charge in [0.05, 0.1) is 12.2 Å². The Balaban J connectivity index is 1.54. The van der Waals surface area contributed by atoms with Crippen LogP contribution in [0.25, 0.3) is 0 Å². The van der Waals surface area contributed by atoms with Crippen LogP contribution in [0.5, 0.6) is 0 Å². The molecule has 2 amide bonds. The van der Waals surface area contributed by atoms with Crippen molar-refractivity contribution in [3.63, 3.8) is 0 Å². The number of fused-ring (bicyclic) bond motifs is 2. The summed E-state index contributed by atoms with van der Waals surface area (Å²) in [6, 6.07) is 11.2. The van der Waals surface area contributed by atoms with Crippen LogP contribution >= 0.6 is 11.8 Å². The standard InChI is InChI=1S/C23H22F2N2O2S/c24-18-10-9-15(13-19(18)25)14-26-20-8-4-3-7-17(20)23(22(26)29)27(11-12-30-23)21(28)16-5-1-2-6-16/h3-4,7-10,13,16H,1-2,5-6,11-12,14H2/t23-/m1/s1. The molecule has 30 heavy (non-hydrogen) atoms. The first-order valence-corrected chi connectivity index (χ1v) is 11.3. The van der Waals surface area contributed by atoms with Gasteiger partial charge in [0.15, 0.2) is 16.5 Å². The van der Waals surface area contributed by atoms with E-state index in [4.69, 9.17) is 0 Å². The van der Waals surface area contributed by atoms with Crippen molar-refractivity contribution < 1.29 is 18.4 Å². The minimum atomic E-state index is -1.06. The fourth-order valence-electron chi connectivity index (χ4n) is 4.96. The van der Waals surface area contributed by atoms with E-state index in [0.717, 1.165) is 49.1 Å². The van der Waals surface area contributed by atoms with Crippen molar-refractivity contribution in [1.29, 1.82) is 0 Å². The quantitative estimate of drug-likeness (QED) is 0.726. The average molecular weight is 429 g/mol. The van der Waals surface area contributed by atoms with Crippen LogP contribution in [0.15, 0.2) is 42.5 Å². The van der Waals surface area contributed by atoms with Crippen LogP contribution in [0.2, 0.25) is 0 Å². The molecule has 2 fully saturated rings. The maximum atomic E-state index is 13.8. The number of anilines is 1. The Labute approximate surface area is 178 Å². The molecule has 1 saturated carbocycles. The Hall–Kier alpha value is -2.41. The first-order chi connectivity index (χ1) is 14.5. The highest BCUT2D eigenvalue weighted by atomic mass is 32.2. The number of benzene rings is 2. The van der Waals surface area contributed by atoms with Gasteiger partial charge in [-0.2, -0.15) is 0 Å². The molecular weight excluding hydrogens is 406 g/mol. The summed E-state index contributed by atoms with van der Waals surface area (Å²) in [5.41, 5.74) is 2.04. The van der Waals surface area contributed by atoms with E-state index >= 15 is 0 Å². The lowest BCUT2D eigenvalue weighted by Crippen LogP contribution is -2.51. The predicted octanol–water partition coefficient (Wildman–Crippen LogP) is 4.43. The number of thioether (sulfide) groups is 1. The number of amides is 2. The van der Waals surface area contributed by atoms with Crippen LogP contribution in [-0.2, 0) is 21.0 Å². The number of carbonyl (C=O) groups is 2. The van der Waals surface area contributed by atoms with E-state index in [-0.39, 0.29) is 24.3 Å². The third-order valence-corrected chi connectivity index (χ3v) is 7.82. The maximum absolute atomic E-state index is 13.8. The van der Waals surface area contributed by atoms with E-state index < -0.39 is 16.5 Å². The molecule has 0 N–H and O–H groups in total. The fourth-order valence-corrected chi connectivity index (χ4v) is 6.43. The molecule has 0 radical (unpaired) electrons. The molecule has 3 aliphatic rings. The van der Waals surface area contributed by atoms with Gasteiger partial charge in [-0.1, -0.05) is 37.1 Å². The third kappa shape index (κ3) is 2.86. The van der Waals surface area contributed by atoms with E-state index in [1.54, 1.807) is 9.80 Å². The van der Waals surface area contributed by atoms with Gasteiger partial charge >= 0.3 is 0 Å². The predicted molar refractivity (Wildman–Crippen MR) is 112 cm³/mol. The van der Waals surface area contributed by atoms with Crippen LogP contribution in [-0.4, -0.2) is 29.0 Å². The first-order valence-electron chi connectivity index (χ1n) is 10.3. The zero-order chi connectivity index (χ0) is 20.9. The molecule has 2 heterocycles. The van der Waals surface area contributed by atoms with Gasteiger partial charge in [-0.15, -0.1) is 11.8 Å². The highest BCUT2D eigenvalue weighted by Gasteiger charge is 2.59. The highest BCUT2D eigenvalue weighted by molar-refractivity contribution is 8.01. The van der Waals surface area contributed by atoms with Crippen LogP contribution < -0.4 is 4.90 Å². The van der Waals surface area contributed by atoms with Crippen molar-refractivity contribution in [2.45, 2.75) is 37.1 Å².